The van der Waals surface area contributed by atoms with E-state index in [1.54, 1.807) is 30.1 Å². The minimum atomic E-state index is -1.08. The zero-order chi connectivity index (χ0) is 25.7. The molecule has 1 aliphatic rings. The number of hydrogen-bond donors (Lipinski definition) is 1. The molecule has 1 fully saturated rings. The third-order valence-corrected chi connectivity index (χ3v) is 6.51. The summed E-state index contributed by atoms with van der Waals surface area (Å²) in [6.07, 6.45) is 3.54. The highest BCUT2D eigenvalue weighted by Gasteiger charge is 2.28. The van der Waals surface area contributed by atoms with Crippen LogP contribution < -0.4 is 5.32 Å². The minimum Gasteiger partial charge on any atom is -0.431 e. The van der Waals surface area contributed by atoms with Gasteiger partial charge in [-0.1, -0.05) is 13.0 Å². The average molecular weight is 505 g/mol. The second-order valence-corrected chi connectivity index (χ2v) is 9.21. The molecule has 0 radical (unpaired) electrons. The predicted octanol–water partition coefficient (Wildman–Crippen LogP) is 5.76. The van der Waals surface area contributed by atoms with Crippen molar-refractivity contribution in [1.29, 1.82) is 0 Å². The van der Waals surface area contributed by atoms with Crippen LogP contribution in [0.2, 0.25) is 0 Å². The molecule has 2 aromatic carbocycles. The first-order valence-electron chi connectivity index (χ1n) is 12.1. The van der Waals surface area contributed by atoms with Gasteiger partial charge in [-0.25, -0.2) is 18.7 Å². The number of aromatic nitrogens is 5. The van der Waals surface area contributed by atoms with Crippen LogP contribution in [-0.4, -0.2) is 31.3 Å². The summed E-state index contributed by atoms with van der Waals surface area (Å²) in [5.74, 6) is -1.57. The first kappa shape index (κ1) is 23.4. The fourth-order valence-corrected chi connectivity index (χ4v) is 4.44. The number of hydrogen-bond acceptors (Lipinski definition) is 6. The lowest BCUT2D eigenvalue weighted by molar-refractivity contribution is 0.482. The van der Waals surface area contributed by atoms with Crippen molar-refractivity contribution in [2.45, 2.75) is 32.2 Å². The summed E-state index contributed by atoms with van der Waals surface area (Å²) in [5, 5.41) is 11.1. The van der Waals surface area contributed by atoms with Crippen LogP contribution in [0.4, 0.5) is 13.2 Å². The van der Waals surface area contributed by atoms with Gasteiger partial charge in [0, 0.05) is 36.3 Å². The molecular formula is C27H23F3N6O. The fraction of sp³-hybridized carbons (Fsp3) is 0.259. The Morgan fingerprint density at radius 1 is 1.03 bits per heavy atom. The highest BCUT2D eigenvalue weighted by atomic mass is 19.2. The molecule has 0 bridgehead atoms. The SMILES string of the molecule is CCNCc1cc2nc(-c3cc(-c4ccc(F)cc4-c4nncn4C)cc(C4CC4)n3)oc2c(F)c1F. The molecule has 3 heterocycles. The van der Waals surface area contributed by atoms with Crippen molar-refractivity contribution in [3.63, 3.8) is 0 Å². The molecule has 0 spiro atoms. The van der Waals surface area contributed by atoms with Gasteiger partial charge in [-0.15, -0.1) is 10.2 Å². The molecule has 7 nitrogen and oxygen atoms in total. The van der Waals surface area contributed by atoms with E-state index in [-0.39, 0.29) is 35.0 Å². The van der Waals surface area contributed by atoms with E-state index in [0.29, 0.717) is 23.6 Å². The fourth-order valence-electron chi connectivity index (χ4n) is 4.44. The number of oxazole rings is 1. The van der Waals surface area contributed by atoms with Crippen molar-refractivity contribution in [2.24, 2.45) is 7.05 Å². The van der Waals surface area contributed by atoms with Crippen molar-refractivity contribution < 1.29 is 17.6 Å². The molecule has 1 aliphatic carbocycles. The first-order valence-corrected chi connectivity index (χ1v) is 12.1. The Hall–Kier alpha value is -4.05. The van der Waals surface area contributed by atoms with Crippen molar-refractivity contribution in [3.8, 4) is 34.1 Å². The molecule has 10 heteroatoms. The summed E-state index contributed by atoms with van der Waals surface area (Å²) in [6, 6.07) is 9.70. The van der Waals surface area contributed by atoms with Crippen molar-refractivity contribution in [2.75, 3.05) is 6.54 Å². The summed E-state index contributed by atoms with van der Waals surface area (Å²) in [7, 11) is 1.79. The topological polar surface area (TPSA) is 81.7 Å². The van der Waals surface area contributed by atoms with E-state index in [1.165, 1.54) is 18.2 Å². The molecule has 37 heavy (non-hydrogen) atoms. The van der Waals surface area contributed by atoms with Gasteiger partial charge < -0.3 is 14.3 Å². The Kier molecular flexibility index (Phi) is 5.75. The van der Waals surface area contributed by atoms with Crippen molar-refractivity contribution in [1.82, 2.24) is 30.0 Å². The molecule has 0 unspecified atom stereocenters. The second-order valence-electron chi connectivity index (χ2n) is 9.21. The van der Waals surface area contributed by atoms with Gasteiger partial charge in [0.2, 0.25) is 11.7 Å². The molecule has 188 valence electrons. The monoisotopic (exact) mass is 504 g/mol. The molecule has 1 N–H and O–H groups in total. The van der Waals surface area contributed by atoms with E-state index in [2.05, 4.69) is 20.5 Å². The van der Waals surface area contributed by atoms with Gasteiger partial charge in [-0.3, -0.25) is 0 Å². The molecule has 6 rings (SSSR count). The highest BCUT2D eigenvalue weighted by Crippen LogP contribution is 2.42. The lowest BCUT2D eigenvalue weighted by Crippen LogP contribution is -2.13. The third-order valence-electron chi connectivity index (χ3n) is 6.51. The number of benzene rings is 2. The minimum absolute atomic E-state index is 0.0833. The number of rotatable bonds is 7. The van der Waals surface area contributed by atoms with Crippen LogP contribution in [-0.2, 0) is 13.6 Å². The van der Waals surface area contributed by atoms with E-state index >= 15 is 0 Å². The van der Waals surface area contributed by atoms with Gasteiger partial charge in [0.25, 0.3) is 0 Å². The Morgan fingerprint density at radius 3 is 2.59 bits per heavy atom. The molecule has 3 aromatic heterocycles. The van der Waals surface area contributed by atoms with Gasteiger partial charge in [0.15, 0.2) is 17.2 Å². The number of pyridine rings is 1. The summed E-state index contributed by atoms with van der Waals surface area (Å²) >= 11 is 0. The molecule has 1 saturated carbocycles. The standard InChI is InChI=1S/C27H23F3N6O/c1-3-31-12-16-10-21-25(24(30)23(16)29)37-27(34-21)22-9-15(8-20(33-22)14-4-5-14)18-7-6-17(28)11-19(18)26-35-32-13-36(26)2/h6-11,13-14,31H,3-5,12H2,1-2H3. The largest absolute Gasteiger partial charge is 0.431 e. The summed E-state index contributed by atoms with van der Waals surface area (Å²) in [4.78, 5) is 9.21. The Balaban J connectivity index is 1.51. The Labute approximate surface area is 210 Å². The lowest BCUT2D eigenvalue weighted by atomic mass is 9.97. The summed E-state index contributed by atoms with van der Waals surface area (Å²) in [6.45, 7) is 2.67. The lowest BCUT2D eigenvalue weighted by Gasteiger charge is -2.12. The van der Waals surface area contributed by atoms with E-state index in [0.717, 1.165) is 29.7 Å². The van der Waals surface area contributed by atoms with Crippen LogP contribution >= 0.6 is 0 Å². The zero-order valence-electron chi connectivity index (χ0n) is 20.2. The second kappa shape index (κ2) is 9.11. The number of nitrogens with zero attached hydrogens (tertiary/aromatic N) is 5. The maximum Gasteiger partial charge on any atom is 0.246 e. The molecule has 0 amide bonds. The van der Waals surface area contributed by atoms with Crippen LogP contribution in [0.15, 0.2) is 47.1 Å². The quantitative estimate of drug-likeness (QED) is 0.304. The maximum absolute atomic E-state index is 14.9. The van der Waals surface area contributed by atoms with Gasteiger partial charge >= 0.3 is 0 Å². The van der Waals surface area contributed by atoms with Gasteiger partial charge in [0.05, 0.1) is 0 Å². The average Bonchev–Trinajstić information content (AvgIpc) is 3.53. The van der Waals surface area contributed by atoms with Crippen LogP contribution in [0, 0.1) is 17.5 Å². The maximum atomic E-state index is 14.9. The van der Waals surface area contributed by atoms with E-state index in [9.17, 15) is 13.2 Å². The van der Waals surface area contributed by atoms with Gasteiger partial charge in [0.1, 0.15) is 23.4 Å². The van der Waals surface area contributed by atoms with Crippen LogP contribution in [0.3, 0.4) is 0 Å². The molecule has 0 saturated heterocycles. The molecule has 5 aromatic rings. The molecular weight excluding hydrogens is 481 g/mol. The smallest absolute Gasteiger partial charge is 0.246 e. The zero-order valence-corrected chi connectivity index (χ0v) is 20.2. The Bertz CT molecular complexity index is 1640. The van der Waals surface area contributed by atoms with E-state index in [4.69, 9.17) is 9.40 Å². The Morgan fingerprint density at radius 2 is 1.86 bits per heavy atom. The van der Waals surface area contributed by atoms with Gasteiger partial charge in [-0.2, -0.15) is 4.39 Å². The molecule has 0 atom stereocenters. The van der Waals surface area contributed by atoms with Gasteiger partial charge in [-0.05, 0) is 60.8 Å². The van der Waals surface area contributed by atoms with Crippen LogP contribution in [0.25, 0.3) is 45.2 Å². The molecule has 0 aliphatic heterocycles. The van der Waals surface area contributed by atoms with E-state index < -0.39 is 17.5 Å². The first-order chi connectivity index (χ1) is 17.9. The van der Waals surface area contributed by atoms with Crippen molar-refractivity contribution in [3.05, 3.63) is 71.4 Å². The summed E-state index contributed by atoms with van der Waals surface area (Å²) in [5.41, 5.74) is 3.40. The van der Waals surface area contributed by atoms with Crippen molar-refractivity contribution >= 4 is 11.1 Å². The third kappa shape index (κ3) is 4.27. The van der Waals surface area contributed by atoms with Crippen LogP contribution in [0.5, 0.6) is 0 Å². The normalized spacial score (nSPS) is 13.5. The van der Waals surface area contributed by atoms with Crippen LogP contribution in [0.1, 0.15) is 36.9 Å². The highest BCUT2D eigenvalue weighted by molar-refractivity contribution is 5.83. The summed E-state index contributed by atoms with van der Waals surface area (Å²) < 4.78 is 51.2. The van der Waals surface area contributed by atoms with E-state index in [1.807, 2.05) is 13.0 Å². The number of nitrogens with one attached hydrogen (secondary N) is 1. The number of aryl methyl sites for hydroxylation is 1. The number of fused-ring (bicyclic) bond motifs is 1. The number of halogens is 3. The predicted molar refractivity (Wildman–Crippen MR) is 132 cm³/mol.